The Morgan fingerprint density at radius 3 is 2.09 bits per heavy atom. The number of amides is 1. The number of rotatable bonds is 5. The fraction of sp³-hybridized carbons (Fsp3) is 0.759. The zero-order valence-corrected chi connectivity index (χ0v) is 21.0. The monoisotopic (exact) mass is 454 g/mol. The molecule has 1 spiro atoms. The number of carbonyl (C=O) groups is 1. The van der Waals surface area contributed by atoms with Crippen LogP contribution in [0.4, 0.5) is 0 Å². The minimum atomic E-state index is 0.142. The largest absolute Gasteiger partial charge is 0.484 e. The summed E-state index contributed by atoms with van der Waals surface area (Å²) in [5.74, 6) is 0.941. The van der Waals surface area contributed by atoms with Gasteiger partial charge in [0.15, 0.2) is 6.61 Å². The van der Waals surface area contributed by atoms with Gasteiger partial charge in [-0.15, -0.1) is 0 Å². The fourth-order valence-electron chi connectivity index (χ4n) is 6.49. The van der Waals surface area contributed by atoms with Gasteiger partial charge in [-0.25, -0.2) is 0 Å². The molecule has 33 heavy (non-hydrogen) atoms. The Bertz CT molecular complexity index is 706. The summed E-state index contributed by atoms with van der Waals surface area (Å²) >= 11 is 0. The molecule has 2 saturated carbocycles. The second-order valence-electron chi connectivity index (χ2n) is 11.1. The molecule has 184 valence electrons. The zero-order valence-electron chi connectivity index (χ0n) is 21.0. The molecular weight excluding hydrogens is 408 g/mol. The van der Waals surface area contributed by atoms with Crippen LogP contribution in [-0.4, -0.2) is 36.2 Å². The Hall–Kier alpha value is -1.55. The smallest absolute Gasteiger partial charge is 0.262 e. The van der Waals surface area contributed by atoms with E-state index in [9.17, 15) is 4.79 Å². The molecule has 1 atom stereocenters. The summed E-state index contributed by atoms with van der Waals surface area (Å²) in [4.78, 5) is 15.7. The van der Waals surface area contributed by atoms with Crippen molar-refractivity contribution in [2.24, 2.45) is 5.41 Å². The van der Waals surface area contributed by atoms with Crippen LogP contribution in [0.5, 0.6) is 5.75 Å². The number of hydrogen-bond donors (Lipinski definition) is 1. The van der Waals surface area contributed by atoms with Crippen LogP contribution in [0.15, 0.2) is 24.3 Å². The van der Waals surface area contributed by atoms with Crippen molar-refractivity contribution >= 4 is 5.91 Å². The quantitative estimate of drug-likeness (QED) is 0.535. The van der Waals surface area contributed by atoms with E-state index in [0.717, 1.165) is 31.6 Å². The highest BCUT2D eigenvalue weighted by Gasteiger charge is 2.39. The number of ether oxygens (including phenoxy) is 1. The van der Waals surface area contributed by atoms with Crippen molar-refractivity contribution in [2.75, 3.05) is 13.2 Å². The van der Waals surface area contributed by atoms with E-state index in [0.29, 0.717) is 11.5 Å². The fourth-order valence-corrected chi connectivity index (χ4v) is 6.49. The van der Waals surface area contributed by atoms with Gasteiger partial charge in [-0.1, -0.05) is 81.9 Å². The average Bonchev–Trinajstić information content (AvgIpc) is 2.85. The van der Waals surface area contributed by atoms with Crippen molar-refractivity contribution in [1.29, 1.82) is 0 Å². The van der Waals surface area contributed by atoms with E-state index in [-0.39, 0.29) is 18.7 Å². The van der Waals surface area contributed by atoms with Crippen LogP contribution in [0.2, 0.25) is 0 Å². The molecule has 1 amide bonds. The number of aryl methyl sites for hydroxylation is 1. The zero-order chi connectivity index (χ0) is 22.9. The normalized spacial score (nSPS) is 24.8. The molecule has 0 radical (unpaired) electrons. The van der Waals surface area contributed by atoms with E-state index in [2.05, 4.69) is 17.1 Å². The number of hydrogen-bond acceptors (Lipinski definition) is 3. The predicted octanol–water partition coefficient (Wildman–Crippen LogP) is 6.76. The van der Waals surface area contributed by atoms with Crippen LogP contribution >= 0.6 is 0 Å². The van der Waals surface area contributed by atoms with Gasteiger partial charge in [0.25, 0.3) is 5.91 Å². The number of nitrogens with one attached hydrogen (secondary N) is 1. The molecule has 0 aromatic heterocycles. The first-order valence-corrected chi connectivity index (χ1v) is 13.9. The topological polar surface area (TPSA) is 41.6 Å². The molecule has 1 heterocycles. The van der Waals surface area contributed by atoms with Gasteiger partial charge in [-0.3, -0.25) is 10.1 Å². The maximum Gasteiger partial charge on any atom is 0.262 e. The lowest BCUT2D eigenvalue weighted by Gasteiger charge is -2.47. The molecule has 1 saturated heterocycles. The van der Waals surface area contributed by atoms with Crippen LogP contribution in [0.25, 0.3) is 0 Å². The SMILES string of the molecule is Cc1ccc(OCC(=O)N(C2CCCCC2)C2CCC3(CCCCCCCCC3)CN2)cc1. The molecule has 4 heteroatoms. The number of nitrogens with zero attached hydrogens (tertiary/aromatic N) is 1. The number of benzene rings is 1. The first-order valence-electron chi connectivity index (χ1n) is 13.9. The molecule has 1 N–H and O–H groups in total. The molecule has 1 aromatic carbocycles. The summed E-state index contributed by atoms with van der Waals surface area (Å²) in [5.41, 5.74) is 1.66. The molecule has 4 rings (SSSR count). The molecule has 1 aliphatic heterocycles. The Balaban J connectivity index is 1.39. The highest BCUT2D eigenvalue weighted by atomic mass is 16.5. The van der Waals surface area contributed by atoms with Crippen molar-refractivity contribution in [3.05, 3.63) is 29.8 Å². The predicted molar refractivity (Wildman–Crippen MR) is 135 cm³/mol. The lowest BCUT2D eigenvalue weighted by molar-refractivity contribution is -0.142. The van der Waals surface area contributed by atoms with Crippen LogP contribution in [0.3, 0.4) is 0 Å². The lowest BCUT2D eigenvalue weighted by Crippen LogP contribution is -2.59. The van der Waals surface area contributed by atoms with Crippen molar-refractivity contribution < 1.29 is 9.53 Å². The molecule has 4 nitrogen and oxygen atoms in total. The van der Waals surface area contributed by atoms with Crippen molar-refractivity contribution in [1.82, 2.24) is 10.2 Å². The van der Waals surface area contributed by atoms with Gasteiger partial charge in [0.2, 0.25) is 0 Å². The highest BCUT2D eigenvalue weighted by molar-refractivity contribution is 5.78. The molecule has 1 unspecified atom stereocenters. The summed E-state index contributed by atoms with van der Waals surface area (Å²) in [6.45, 7) is 3.29. The summed E-state index contributed by atoms with van der Waals surface area (Å²) in [5, 5.41) is 3.90. The molecule has 3 aliphatic rings. The van der Waals surface area contributed by atoms with Crippen LogP contribution in [-0.2, 0) is 4.79 Å². The van der Waals surface area contributed by atoms with Gasteiger partial charge in [0.05, 0.1) is 6.17 Å². The van der Waals surface area contributed by atoms with Gasteiger partial charge in [-0.05, 0) is 63.0 Å². The standard InChI is InChI=1S/C29H46N2O2/c1-24-14-16-26(17-15-24)33-22-28(32)31(25-12-8-7-9-13-25)27-18-21-29(23-30-27)19-10-5-3-2-4-6-11-20-29/h14-17,25,27,30H,2-13,18-23H2,1H3. The third-order valence-electron chi connectivity index (χ3n) is 8.55. The van der Waals surface area contributed by atoms with E-state index in [1.807, 2.05) is 24.3 Å². The Labute approximate surface area is 201 Å². The molecule has 2 aliphatic carbocycles. The van der Waals surface area contributed by atoms with E-state index >= 15 is 0 Å². The van der Waals surface area contributed by atoms with Crippen molar-refractivity contribution in [2.45, 2.75) is 122 Å². The van der Waals surface area contributed by atoms with E-state index in [4.69, 9.17) is 4.74 Å². The maximum atomic E-state index is 13.5. The van der Waals surface area contributed by atoms with E-state index in [1.165, 1.54) is 89.0 Å². The van der Waals surface area contributed by atoms with Gasteiger partial charge in [-0.2, -0.15) is 0 Å². The van der Waals surface area contributed by atoms with Crippen molar-refractivity contribution in [3.8, 4) is 5.75 Å². The molecule has 3 fully saturated rings. The second-order valence-corrected chi connectivity index (χ2v) is 11.1. The van der Waals surface area contributed by atoms with Gasteiger partial charge < -0.3 is 9.64 Å². The van der Waals surface area contributed by atoms with Gasteiger partial charge >= 0.3 is 0 Å². The summed E-state index contributed by atoms with van der Waals surface area (Å²) in [6, 6.07) is 8.38. The van der Waals surface area contributed by atoms with Gasteiger partial charge in [0.1, 0.15) is 5.75 Å². The third kappa shape index (κ3) is 6.97. The Kier molecular flexibility index (Phi) is 9.11. The summed E-state index contributed by atoms with van der Waals surface area (Å²) < 4.78 is 5.93. The van der Waals surface area contributed by atoms with Crippen LogP contribution < -0.4 is 10.1 Å². The molecule has 0 bridgehead atoms. The minimum Gasteiger partial charge on any atom is -0.484 e. The molecular formula is C29H46N2O2. The Morgan fingerprint density at radius 2 is 1.48 bits per heavy atom. The van der Waals surface area contributed by atoms with Gasteiger partial charge in [0, 0.05) is 12.6 Å². The first-order chi connectivity index (χ1) is 16.2. The van der Waals surface area contributed by atoms with E-state index in [1.54, 1.807) is 0 Å². The number of carbonyl (C=O) groups excluding carboxylic acids is 1. The summed E-state index contributed by atoms with van der Waals surface area (Å²) in [7, 11) is 0. The highest BCUT2D eigenvalue weighted by Crippen LogP contribution is 2.40. The second kappa shape index (κ2) is 12.2. The maximum absolute atomic E-state index is 13.5. The van der Waals surface area contributed by atoms with Crippen LogP contribution in [0.1, 0.15) is 108 Å². The summed E-state index contributed by atoms with van der Waals surface area (Å²) in [6.07, 6.45) is 21.1. The van der Waals surface area contributed by atoms with Crippen LogP contribution in [0, 0.1) is 12.3 Å². The van der Waals surface area contributed by atoms with E-state index < -0.39 is 0 Å². The Morgan fingerprint density at radius 1 is 0.879 bits per heavy atom. The first kappa shape index (κ1) is 24.6. The minimum absolute atomic E-state index is 0.142. The third-order valence-corrected chi connectivity index (χ3v) is 8.55. The molecule has 1 aromatic rings. The van der Waals surface area contributed by atoms with Crippen molar-refractivity contribution in [3.63, 3.8) is 0 Å². The number of piperidine rings is 1. The lowest BCUT2D eigenvalue weighted by atomic mass is 9.71. The average molecular weight is 455 g/mol.